The molecule has 4 rings (SSSR count). The first kappa shape index (κ1) is 25.9. The fourth-order valence-electron chi connectivity index (χ4n) is 7.85. The van der Waals surface area contributed by atoms with Crippen LogP contribution in [-0.2, 0) is 28.6 Å². The summed E-state index contributed by atoms with van der Waals surface area (Å²) in [5.74, 6) is -2.13. The number of carbonyl (C=O) groups is 4. The molecule has 0 spiro atoms. The molecule has 0 bridgehead atoms. The quantitative estimate of drug-likeness (QED) is 0.453. The van der Waals surface area contributed by atoms with E-state index in [0.717, 1.165) is 12.7 Å². The number of ether oxygens (including phenoxy) is 3. The van der Waals surface area contributed by atoms with Gasteiger partial charge in [-0.05, 0) is 49.7 Å². The number of halogens is 1. The Balaban J connectivity index is 1.82. The van der Waals surface area contributed by atoms with E-state index in [9.17, 15) is 24.3 Å². The Kier molecular flexibility index (Phi) is 6.24. The van der Waals surface area contributed by atoms with Crippen molar-refractivity contribution in [1.29, 1.82) is 0 Å². The van der Waals surface area contributed by atoms with Crippen molar-refractivity contribution in [3.8, 4) is 0 Å². The van der Waals surface area contributed by atoms with Crippen molar-refractivity contribution in [2.24, 2.45) is 28.6 Å². The molecular formula is C26H33ClO8. The molecule has 0 saturated heterocycles. The standard InChI is InChI=1S/C26H33ClO8/c1-14-10-19-18-7-6-16-11-17(29)8-9-23(16,3)25(18,27)20(30)12-24(19,4)26(14,35-22(32)33-5)21(31)13-34-15(2)28/h8-9,11,14,18-20,30H,6-7,10,12-13H2,1-5H3/t14-,18+,19+,20?,23+,24+,25+,26+/m1/s1. The molecule has 4 aliphatic rings. The second-order valence-corrected chi connectivity index (χ2v) is 11.5. The average Bonchev–Trinajstić information content (AvgIpc) is 3.00. The van der Waals surface area contributed by atoms with E-state index in [2.05, 4.69) is 0 Å². The summed E-state index contributed by atoms with van der Waals surface area (Å²) >= 11 is 7.43. The van der Waals surface area contributed by atoms with Crippen molar-refractivity contribution >= 4 is 35.3 Å². The van der Waals surface area contributed by atoms with Crippen LogP contribution < -0.4 is 0 Å². The zero-order valence-electron chi connectivity index (χ0n) is 20.8. The van der Waals surface area contributed by atoms with Crippen LogP contribution in [-0.4, -0.2) is 59.1 Å². The van der Waals surface area contributed by atoms with Gasteiger partial charge < -0.3 is 19.3 Å². The molecule has 4 aliphatic carbocycles. The zero-order valence-corrected chi connectivity index (χ0v) is 21.5. The molecule has 9 heteroatoms. The molecule has 1 unspecified atom stereocenters. The highest BCUT2D eigenvalue weighted by Gasteiger charge is 2.76. The van der Waals surface area contributed by atoms with Crippen molar-refractivity contribution in [2.45, 2.75) is 70.0 Å². The minimum atomic E-state index is -1.67. The number of methoxy groups -OCH3 is 1. The van der Waals surface area contributed by atoms with Crippen molar-refractivity contribution in [3.05, 3.63) is 23.8 Å². The van der Waals surface area contributed by atoms with Crippen LogP contribution in [0.1, 0.15) is 53.4 Å². The number of ketones is 2. The summed E-state index contributed by atoms with van der Waals surface area (Å²) < 4.78 is 15.6. The summed E-state index contributed by atoms with van der Waals surface area (Å²) in [7, 11) is 1.16. The maximum atomic E-state index is 13.7. The van der Waals surface area contributed by atoms with Gasteiger partial charge in [0.05, 0.1) is 18.1 Å². The third kappa shape index (κ3) is 3.35. The van der Waals surface area contributed by atoms with Crippen LogP contribution in [0.15, 0.2) is 23.8 Å². The van der Waals surface area contributed by atoms with Gasteiger partial charge >= 0.3 is 12.1 Å². The molecule has 192 valence electrons. The summed E-state index contributed by atoms with van der Waals surface area (Å²) in [4.78, 5) is 48.6. The number of esters is 1. The van der Waals surface area contributed by atoms with Gasteiger partial charge in [0, 0.05) is 23.7 Å². The fourth-order valence-corrected chi connectivity index (χ4v) is 8.37. The highest BCUT2D eigenvalue weighted by atomic mass is 35.5. The van der Waals surface area contributed by atoms with Crippen molar-refractivity contribution in [3.63, 3.8) is 0 Å². The summed E-state index contributed by atoms with van der Waals surface area (Å²) in [5.41, 5.74) is -2.51. The number of aliphatic hydroxyl groups excluding tert-OH is 1. The van der Waals surface area contributed by atoms with Gasteiger partial charge in [-0.15, -0.1) is 11.6 Å². The van der Waals surface area contributed by atoms with E-state index in [1.165, 1.54) is 13.0 Å². The predicted molar refractivity (Wildman–Crippen MR) is 126 cm³/mol. The molecule has 0 radical (unpaired) electrons. The third-order valence-electron chi connectivity index (χ3n) is 9.41. The number of allylic oxidation sites excluding steroid dienone is 4. The molecule has 35 heavy (non-hydrogen) atoms. The van der Waals surface area contributed by atoms with Crippen LogP contribution in [0.5, 0.6) is 0 Å². The van der Waals surface area contributed by atoms with E-state index in [-0.39, 0.29) is 24.0 Å². The Morgan fingerprint density at radius 3 is 2.54 bits per heavy atom. The molecule has 0 aromatic heterocycles. The summed E-state index contributed by atoms with van der Waals surface area (Å²) in [6.45, 7) is 6.28. The van der Waals surface area contributed by atoms with Crippen LogP contribution >= 0.6 is 11.6 Å². The highest BCUT2D eigenvalue weighted by Crippen LogP contribution is 2.72. The topological polar surface area (TPSA) is 116 Å². The van der Waals surface area contributed by atoms with Crippen molar-refractivity contribution in [2.75, 3.05) is 13.7 Å². The number of alkyl halides is 1. The lowest BCUT2D eigenvalue weighted by molar-refractivity contribution is -0.186. The van der Waals surface area contributed by atoms with Crippen molar-refractivity contribution in [1.82, 2.24) is 0 Å². The van der Waals surface area contributed by atoms with Crippen LogP contribution in [0, 0.1) is 28.6 Å². The summed E-state index contributed by atoms with van der Waals surface area (Å²) in [6.07, 6.45) is 4.67. The first-order chi connectivity index (χ1) is 16.3. The van der Waals surface area contributed by atoms with Gasteiger partial charge in [-0.2, -0.15) is 0 Å². The van der Waals surface area contributed by atoms with Crippen molar-refractivity contribution < 1.29 is 38.5 Å². The van der Waals surface area contributed by atoms with E-state index in [1.54, 1.807) is 12.2 Å². The molecule has 0 aromatic rings. The molecule has 0 amide bonds. The molecule has 8 atom stereocenters. The molecule has 8 nitrogen and oxygen atoms in total. The zero-order chi connectivity index (χ0) is 26.0. The minimum absolute atomic E-state index is 0.0788. The maximum Gasteiger partial charge on any atom is 0.509 e. The Labute approximate surface area is 210 Å². The van der Waals surface area contributed by atoms with E-state index >= 15 is 0 Å². The van der Waals surface area contributed by atoms with Crippen LogP contribution in [0.2, 0.25) is 0 Å². The number of Topliss-reactive ketones (excluding diaryl/α,β-unsaturated/α-hetero) is 1. The lowest BCUT2D eigenvalue weighted by atomic mass is 9.45. The Bertz CT molecular complexity index is 1030. The first-order valence-corrected chi connectivity index (χ1v) is 12.4. The smallest absolute Gasteiger partial charge is 0.458 e. The van der Waals surface area contributed by atoms with Gasteiger partial charge in [0.1, 0.15) is 0 Å². The monoisotopic (exact) mass is 508 g/mol. The second-order valence-electron chi connectivity index (χ2n) is 10.9. The average molecular weight is 509 g/mol. The number of fused-ring (bicyclic) bond motifs is 5. The number of rotatable bonds is 4. The highest BCUT2D eigenvalue weighted by molar-refractivity contribution is 6.26. The van der Waals surface area contributed by atoms with E-state index in [0.29, 0.717) is 19.3 Å². The molecule has 0 heterocycles. The first-order valence-electron chi connectivity index (χ1n) is 12.0. The summed E-state index contributed by atoms with van der Waals surface area (Å²) in [6, 6.07) is 0. The maximum absolute atomic E-state index is 13.7. The molecule has 3 saturated carbocycles. The molecule has 3 fully saturated rings. The van der Waals surface area contributed by atoms with Gasteiger partial charge in [0.15, 0.2) is 18.0 Å². The Morgan fingerprint density at radius 2 is 1.91 bits per heavy atom. The molecular weight excluding hydrogens is 476 g/mol. The van der Waals surface area contributed by atoms with Crippen LogP contribution in [0.3, 0.4) is 0 Å². The van der Waals surface area contributed by atoms with E-state index < -0.39 is 57.8 Å². The predicted octanol–water partition coefficient (Wildman–Crippen LogP) is 3.53. The normalized spacial score (nSPS) is 43.9. The van der Waals surface area contributed by atoms with Gasteiger partial charge in [-0.3, -0.25) is 14.4 Å². The van der Waals surface area contributed by atoms with Crippen LogP contribution in [0.25, 0.3) is 0 Å². The Morgan fingerprint density at radius 1 is 1.23 bits per heavy atom. The van der Waals surface area contributed by atoms with Gasteiger partial charge in [0.25, 0.3) is 0 Å². The summed E-state index contributed by atoms with van der Waals surface area (Å²) in [5, 5.41) is 11.7. The minimum Gasteiger partial charge on any atom is -0.458 e. The lowest BCUT2D eigenvalue weighted by Crippen LogP contribution is -2.69. The number of hydrogen-bond donors (Lipinski definition) is 1. The number of carbonyl (C=O) groups excluding carboxylic acids is 4. The number of aliphatic hydroxyl groups is 1. The van der Waals surface area contributed by atoms with Gasteiger partial charge in [0.2, 0.25) is 5.78 Å². The third-order valence-corrected chi connectivity index (χ3v) is 10.3. The largest absolute Gasteiger partial charge is 0.509 e. The van der Waals surface area contributed by atoms with E-state index in [1.807, 2.05) is 20.8 Å². The second kappa shape index (κ2) is 8.44. The fraction of sp³-hybridized carbons (Fsp3) is 0.692. The molecule has 0 aromatic carbocycles. The Hall–Kier alpha value is -2.19. The molecule has 1 N–H and O–H groups in total. The lowest BCUT2D eigenvalue weighted by Gasteiger charge is -2.64. The van der Waals surface area contributed by atoms with E-state index in [4.69, 9.17) is 25.8 Å². The van der Waals surface area contributed by atoms with Gasteiger partial charge in [-0.1, -0.05) is 32.4 Å². The van der Waals surface area contributed by atoms with Crippen LogP contribution in [0.4, 0.5) is 4.79 Å². The van der Waals surface area contributed by atoms with Gasteiger partial charge in [-0.25, -0.2) is 4.79 Å². The molecule has 0 aliphatic heterocycles. The SMILES string of the molecule is COC(=O)O[C@]1(C(=O)COC(C)=O)[C@H](C)C[C@H]2[C@@H]3CCC4=CC(=O)C=C[C@]4(C)[C@@]3(Cl)C(O)C[C@@]21C. The number of hydrogen-bond acceptors (Lipinski definition) is 8.